The maximum absolute atomic E-state index is 12.1. The molecule has 2 rings (SSSR count). The zero-order chi connectivity index (χ0) is 13.7. The Bertz CT molecular complexity index is 510. The van der Waals surface area contributed by atoms with Gasteiger partial charge < -0.3 is 9.73 Å². The van der Waals surface area contributed by atoms with Gasteiger partial charge >= 0.3 is 0 Å². The number of benzene rings is 1. The van der Waals surface area contributed by atoms with Gasteiger partial charge in [-0.2, -0.15) is 0 Å². The molecule has 0 spiro atoms. The summed E-state index contributed by atoms with van der Waals surface area (Å²) >= 11 is 3.36. The Morgan fingerprint density at radius 3 is 2.58 bits per heavy atom. The molecule has 0 radical (unpaired) electrons. The number of hydrogen-bond donors (Lipinski definition) is 1. The minimum Gasteiger partial charge on any atom is -0.467 e. The first kappa shape index (κ1) is 13.9. The van der Waals surface area contributed by atoms with Gasteiger partial charge in [0.25, 0.3) is 0 Å². The second-order valence-electron chi connectivity index (χ2n) is 4.24. The van der Waals surface area contributed by atoms with Crippen molar-refractivity contribution in [1.82, 2.24) is 5.32 Å². The highest BCUT2D eigenvalue weighted by Crippen LogP contribution is 2.23. The minimum absolute atomic E-state index is 0.0345. The molecule has 2 unspecified atom stereocenters. The third kappa shape index (κ3) is 3.47. The van der Waals surface area contributed by atoms with Crippen molar-refractivity contribution in [3.63, 3.8) is 0 Å². The van der Waals surface area contributed by atoms with Crippen molar-refractivity contribution >= 4 is 21.8 Å². The number of carbonyl (C=O) groups excluding carboxylic acids is 1. The number of rotatable bonds is 5. The fourth-order valence-electron chi connectivity index (χ4n) is 1.84. The molecule has 0 fully saturated rings. The maximum Gasteiger partial charge on any atom is 0.234 e. The molecule has 1 N–H and O–H groups in total. The Kier molecular flexibility index (Phi) is 4.80. The van der Waals surface area contributed by atoms with Gasteiger partial charge in [0, 0.05) is 0 Å². The highest BCUT2D eigenvalue weighted by atomic mass is 79.9. The molecule has 0 aliphatic carbocycles. The highest BCUT2D eigenvalue weighted by molar-refractivity contribution is 9.10. The average Bonchev–Trinajstić information content (AvgIpc) is 2.98. The summed E-state index contributed by atoms with van der Waals surface area (Å²) < 4.78 is 5.43. The van der Waals surface area contributed by atoms with Gasteiger partial charge in [0.1, 0.15) is 11.8 Å². The van der Waals surface area contributed by atoms with Crippen LogP contribution in [0.1, 0.15) is 30.7 Å². The monoisotopic (exact) mass is 321 g/mol. The first-order valence-corrected chi connectivity index (χ1v) is 7.16. The Morgan fingerprint density at radius 1 is 1.26 bits per heavy atom. The lowest BCUT2D eigenvalue weighted by molar-refractivity contribution is -0.121. The molecular formula is C15H16BrNO2. The van der Waals surface area contributed by atoms with E-state index in [1.54, 1.807) is 6.26 Å². The zero-order valence-electron chi connectivity index (χ0n) is 10.7. The van der Waals surface area contributed by atoms with Crippen LogP contribution in [0.15, 0.2) is 53.1 Å². The molecule has 1 aromatic heterocycles. The van der Waals surface area contributed by atoms with E-state index >= 15 is 0 Å². The van der Waals surface area contributed by atoms with E-state index in [0.29, 0.717) is 0 Å². The van der Waals surface area contributed by atoms with Crippen LogP contribution in [0.2, 0.25) is 0 Å². The predicted molar refractivity (Wildman–Crippen MR) is 78.1 cm³/mol. The molecule has 1 aromatic carbocycles. The van der Waals surface area contributed by atoms with E-state index in [-0.39, 0.29) is 16.8 Å². The van der Waals surface area contributed by atoms with E-state index in [4.69, 9.17) is 4.42 Å². The van der Waals surface area contributed by atoms with Gasteiger partial charge in [-0.15, -0.1) is 0 Å². The van der Waals surface area contributed by atoms with Crippen LogP contribution >= 0.6 is 15.9 Å². The van der Waals surface area contributed by atoms with Crippen molar-refractivity contribution in [1.29, 1.82) is 0 Å². The van der Waals surface area contributed by atoms with Crippen molar-refractivity contribution in [3.05, 3.63) is 60.1 Å². The van der Waals surface area contributed by atoms with Crippen LogP contribution < -0.4 is 5.32 Å². The molecule has 0 aliphatic rings. The summed E-state index contributed by atoms with van der Waals surface area (Å²) in [6, 6.07) is 13.2. The van der Waals surface area contributed by atoms with E-state index in [1.807, 2.05) is 49.4 Å². The van der Waals surface area contributed by atoms with Gasteiger partial charge in [0.05, 0.1) is 11.1 Å². The maximum atomic E-state index is 12.1. The normalized spacial score (nSPS) is 13.8. The zero-order valence-corrected chi connectivity index (χ0v) is 12.3. The van der Waals surface area contributed by atoms with Crippen molar-refractivity contribution in [3.8, 4) is 0 Å². The van der Waals surface area contributed by atoms with Crippen LogP contribution in [-0.4, -0.2) is 10.7 Å². The fourth-order valence-corrected chi connectivity index (χ4v) is 1.97. The standard InChI is InChI=1S/C15H16BrNO2/c1-2-12(16)15(18)17-14(13-9-6-10-19-13)11-7-4-3-5-8-11/h3-10,12,14H,2H2,1H3,(H,17,18). The Morgan fingerprint density at radius 2 is 2.00 bits per heavy atom. The third-order valence-corrected chi connectivity index (χ3v) is 3.95. The van der Waals surface area contributed by atoms with Gasteiger partial charge in [0.15, 0.2) is 0 Å². The summed E-state index contributed by atoms with van der Waals surface area (Å²) in [4.78, 5) is 11.9. The number of hydrogen-bond acceptors (Lipinski definition) is 2. The van der Waals surface area contributed by atoms with Crippen LogP contribution in [0.5, 0.6) is 0 Å². The summed E-state index contributed by atoms with van der Waals surface area (Å²) in [5.74, 6) is 0.697. The van der Waals surface area contributed by atoms with Gasteiger partial charge in [-0.25, -0.2) is 0 Å². The topological polar surface area (TPSA) is 42.2 Å². The molecule has 2 aromatic rings. The quantitative estimate of drug-likeness (QED) is 0.854. The van der Waals surface area contributed by atoms with Crippen LogP contribution in [0, 0.1) is 0 Å². The Labute approximate surface area is 121 Å². The summed E-state index contributed by atoms with van der Waals surface area (Å²) in [5.41, 5.74) is 1.00. The molecule has 1 amide bonds. The lowest BCUT2D eigenvalue weighted by Crippen LogP contribution is -2.34. The number of furan rings is 1. The highest BCUT2D eigenvalue weighted by Gasteiger charge is 2.22. The van der Waals surface area contributed by atoms with E-state index in [0.717, 1.165) is 17.7 Å². The molecular weight excluding hydrogens is 306 g/mol. The van der Waals surface area contributed by atoms with Crippen molar-refractivity contribution in [2.24, 2.45) is 0 Å². The average molecular weight is 322 g/mol. The van der Waals surface area contributed by atoms with Crippen LogP contribution in [0.25, 0.3) is 0 Å². The van der Waals surface area contributed by atoms with Crippen molar-refractivity contribution in [2.75, 3.05) is 0 Å². The first-order chi connectivity index (χ1) is 9.22. The summed E-state index contributed by atoms with van der Waals surface area (Å²) in [6.07, 6.45) is 2.36. The van der Waals surface area contributed by atoms with Crippen LogP contribution in [-0.2, 0) is 4.79 Å². The van der Waals surface area contributed by atoms with E-state index in [1.165, 1.54) is 0 Å². The minimum atomic E-state index is -0.254. The fraction of sp³-hybridized carbons (Fsp3) is 0.267. The first-order valence-electron chi connectivity index (χ1n) is 6.25. The van der Waals surface area contributed by atoms with Gasteiger partial charge in [0.2, 0.25) is 5.91 Å². The third-order valence-electron chi connectivity index (χ3n) is 2.89. The second kappa shape index (κ2) is 6.57. The van der Waals surface area contributed by atoms with Gasteiger partial charge in [-0.05, 0) is 24.1 Å². The molecule has 1 heterocycles. The van der Waals surface area contributed by atoms with E-state index in [9.17, 15) is 4.79 Å². The molecule has 2 atom stereocenters. The number of carbonyl (C=O) groups is 1. The lowest BCUT2D eigenvalue weighted by Gasteiger charge is -2.18. The predicted octanol–water partition coefficient (Wildman–Crippen LogP) is 3.66. The number of halogens is 1. The Hall–Kier alpha value is -1.55. The SMILES string of the molecule is CCC(Br)C(=O)NC(c1ccccc1)c1ccco1. The number of amides is 1. The molecule has 100 valence electrons. The van der Waals surface area contributed by atoms with Crippen LogP contribution in [0.3, 0.4) is 0 Å². The summed E-state index contributed by atoms with van der Waals surface area (Å²) in [7, 11) is 0. The van der Waals surface area contributed by atoms with Crippen molar-refractivity contribution < 1.29 is 9.21 Å². The van der Waals surface area contributed by atoms with E-state index in [2.05, 4.69) is 21.2 Å². The van der Waals surface area contributed by atoms with E-state index < -0.39 is 0 Å². The van der Waals surface area contributed by atoms with Gasteiger partial charge in [-0.1, -0.05) is 53.2 Å². The molecule has 0 bridgehead atoms. The Balaban J connectivity index is 2.24. The molecule has 19 heavy (non-hydrogen) atoms. The van der Waals surface area contributed by atoms with Crippen molar-refractivity contribution in [2.45, 2.75) is 24.2 Å². The number of nitrogens with one attached hydrogen (secondary N) is 1. The largest absolute Gasteiger partial charge is 0.467 e. The molecule has 0 saturated heterocycles. The molecule has 0 aliphatic heterocycles. The molecule has 0 saturated carbocycles. The molecule has 3 nitrogen and oxygen atoms in total. The summed E-state index contributed by atoms with van der Waals surface area (Å²) in [5, 5.41) is 3.01. The smallest absolute Gasteiger partial charge is 0.234 e. The second-order valence-corrected chi connectivity index (χ2v) is 5.35. The lowest BCUT2D eigenvalue weighted by atomic mass is 10.0. The summed E-state index contributed by atoms with van der Waals surface area (Å²) in [6.45, 7) is 1.96. The molecule has 4 heteroatoms. The number of alkyl halides is 1. The van der Waals surface area contributed by atoms with Gasteiger partial charge in [-0.3, -0.25) is 4.79 Å². The van der Waals surface area contributed by atoms with Crippen LogP contribution in [0.4, 0.5) is 0 Å².